The number of nitrogen functional groups attached to an aromatic ring is 1. The molecule has 1 unspecified atom stereocenters. The number of fused-ring (bicyclic) bond motifs is 1. The Morgan fingerprint density at radius 3 is 2.70 bits per heavy atom. The van der Waals surface area contributed by atoms with E-state index >= 15 is 0 Å². The fraction of sp³-hybridized carbons (Fsp3) is 0.294. The number of rotatable bonds is 3. The van der Waals surface area contributed by atoms with Gasteiger partial charge in [0.1, 0.15) is 0 Å². The first-order valence-corrected chi connectivity index (χ1v) is 7.82. The summed E-state index contributed by atoms with van der Waals surface area (Å²) < 4.78 is 1.12. The van der Waals surface area contributed by atoms with Crippen molar-refractivity contribution >= 4 is 21.6 Å². The van der Waals surface area contributed by atoms with E-state index in [1.165, 1.54) is 16.7 Å². The lowest BCUT2D eigenvalue weighted by molar-refractivity contribution is 0.465. The summed E-state index contributed by atoms with van der Waals surface area (Å²) in [6, 6.07) is 15.6. The van der Waals surface area contributed by atoms with Crippen LogP contribution in [0.2, 0.25) is 0 Å². The van der Waals surface area contributed by atoms with Crippen molar-refractivity contribution in [3.8, 4) is 0 Å². The van der Waals surface area contributed by atoms with Crippen molar-refractivity contribution < 1.29 is 0 Å². The molecule has 3 rings (SSSR count). The van der Waals surface area contributed by atoms with Crippen LogP contribution in [0.1, 0.15) is 42.1 Å². The number of anilines is 1. The standard InChI is InChI=1S/C17H19BrN2/c1-11(12-2-5-14(18)6-3-12)20-17-9-4-13-10-15(19)7-8-16(13)17/h2-3,5-8,10-11,17,20H,4,9,19H2,1H3/t11-,17?/m0/s1. The Kier molecular flexibility index (Phi) is 3.81. The van der Waals surface area contributed by atoms with Crippen LogP contribution in [0.25, 0.3) is 0 Å². The van der Waals surface area contributed by atoms with Crippen molar-refractivity contribution in [3.63, 3.8) is 0 Å². The molecule has 0 aromatic heterocycles. The van der Waals surface area contributed by atoms with Gasteiger partial charge in [0.2, 0.25) is 0 Å². The SMILES string of the molecule is C[C@H](NC1CCc2cc(N)ccc21)c1ccc(Br)cc1. The van der Waals surface area contributed by atoms with Gasteiger partial charge in [0.25, 0.3) is 0 Å². The minimum atomic E-state index is 0.344. The van der Waals surface area contributed by atoms with Crippen molar-refractivity contribution in [1.29, 1.82) is 0 Å². The molecule has 2 aromatic rings. The van der Waals surface area contributed by atoms with Crippen LogP contribution in [-0.2, 0) is 6.42 Å². The Balaban J connectivity index is 1.75. The van der Waals surface area contributed by atoms with Crippen LogP contribution >= 0.6 is 15.9 Å². The third-order valence-corrected chi connectivity index (χ3v) is 4.59. The van der Waals surface area contributed by atoms with Gasteiger partial charge < -0.3 is 11.1 Å². The second kappa shape index (κ2) is 5.58. The number of hydrogen-bond acceptors (Lipinski definition) is 2. The van der Waals surface area contributed by atoms with Gasteiger partial charge in [-0.05, 0) is 60.7 Å². The van der Waals surface area contributed by atoms with Crippen LogP contribution in [0.5, 0.6) is 0 Å². The average Bonchev–Trinajstić information content (AvgIpc) is 2.81. The fourth-order valence-electron chi connectivity index (χ4n) is 2.96. The van der Waals surface area contributed by atoms with E-state index in [2.05, 4.69) is 64.6 Å². The average molecular weight is 331 g/mol. The maximum absolute atomic E-state index is 5.86. The molecule has 0 heterocycles. The lowest BCUT2D eigenvalue weighted by Crippen LogP contribution is -2.22. The summed E-state index contributed by atoms with van der Waals surface area (Å²) in [6.45, 7) is 2.22. The minimum absolute atomic E-state index is 0.344. The highest BCUT2D eigenvalue weighted by Gasteiger charge is 2.23. The lowest BCUT2D eigenvalue weighted by Gasteiger charge is -2.21. The molecule has 0 fully saturated rings. The molecule has 2 aromatic carbocycles. The zero-order chi connectivity index (χ0) is 14.1. The Hall–Kier alpha value is -1.32. The van der Waals surface area contributed by atoms with Crippen LogP contribution in [0.3, 0.4) is 0 Å². The molecule has 3 N–H and O–H groups in total. The quantitative estimate of drug-likeness (QED) is 0.820. The predicted molar refractivity (Wildman–Crippen MR) is 87.6 cm³/mol. The molecule has 2 atom stereocenters. The van der Waals surface area contributed by atoms with E-state index in [4.69, 9.17) is 5.73 Å². The van der Waals surface area contributed by atoms with Gasteiger partial charge in [0, 0.05) is 22.2 Å². The molecule has 3 heteroatoms. The van der Waals surface area contributed by atoms with E-state index in [9.17, 15) is 0 Å². The summed E-state index contributed by atoms with van der Waals surface area (Å²) in [4.78, 5) is 0. The Morgan fingerprint density at radius 2 is 1.95 bits per heavy atom. The summed E-state index contributed by atoms with van der Waals surface area (Å²) in [7, 11) is 0. The van der Waals surface area contributed by atoms with Gasteiger partial charge in [-0.15, -0.1) is 0 Å². The molecule has 0 saturated carbocycles. The Bertz CT molecular complexity index is 607. The third-order valence-electron chi connectivity index (χ3n) is 4.07. The number of nitrogens with two attached hydrogens (primary N) is 1. The first-order valence-electron chi connectivity index (χ1n) is 7.03. The van der Waals surface area contributed by atoms with Gasteiger partial charge >= 0.3 is 0 Å². The minimum Gasteiger partial charge on any atom is -0.399 e. The first-order chi connectivity index (χ1) is 9.63. The highest BCUT2D eigenvalue weighted by Crippen LogP contribution is 2.34. The molecule has 0 bridgehead atoms. The summed E-state index contributed by atoms with van der Waals surface area (Å²) in [6.07, 6.45) is 2.27. The molecule has 0 amide bonds. The molecule has 1 aliphatic carbocycles. The van der Waals surface area contributed by atoms with Crippen molar-refractivity contribution in [1.82, 2.24) is 5.32 Å². The van der Waals surface area contributed by atoms with Gasteiger partial charge in [-0.2, -0.15) is 0 Å². The number of halogens is 1. The molecular formula is C17H19BrN2. The number of hydrogen-bond donors (Lipinski definition) is 2. The molecule has 104 valence electrons. The predicted octanol–water partition coefficient (Wildman–Crippen LogP) is 4.37. The van der Waals surface area contributed by atoms with E-state index in [0.29, 0.717) is 12.1 Å². The normalized spacial score (nSPS) is 18.8. The Labute approximate surface area is 128 Å². The van der Waals surface area contributed by atoms with Gasteiger partial charge in [-0.1, -0.05) is 34.1 Å². The topological polar surface area (TPSA) is 38.0 Å². The smallest absolute Gasteiger partial charge is 0.0331 e. The molecule has 1 aliphatic rings. The van der Waals surface area contributed by atoms with E-state index in [-0.39, 0.29) is 0 Å². The zero-order valence-electron chi connectivity index (χ0n) is 11.6. The second-order valence-electron chi connectivity index (χ2n) is 5.49. The van der Waals surface area contributed by atoms with Crippen LogP contribution in [-0.4, -0.2) is 0 Å². The second-order valence-corrected chi connectivity index (χ2v) is 6.41. The van der Waals surface area contributed by atoms with Gasteiger partial charge in [-0.25, -0.2) is 0 Å². The van der Waals surface area contributed by atoms with E-state index in [0.717, 1.165) is 23.0 Å². The highest BCUT2D eigenvalue weighted by atomic mass is 79.9. The van der Waals surface area contributed by atoms with Crippen LogP contribution in [0.15, 0.2) is 46.9 Å². The van der Waals surface area contributed by atoms with Crippen LogP contribution < -0.4 is 11.1 Å². The molecule has 0 saturated heterocycles. The maximum Gasteiger partial charge on any atom is 0.0331 e. The lowest BCUT2D eigenvalue weighted by atomic mass is 10.0. The van der Waals surface area contributed by atoms with Gasteiger partial charge in [-0.3, -0.25) is 0 Å². The monoisotopic (exact) mass is 330 g/mol. The molecule has 0 spiro atoms. The molecule has 2 nitrogen and oxygen atoms in total. The fourth-order valence-corrected chi connectivity index (χ4v) is 3.22. The van der Waals surface area contributed by atoms with Crippen LogP contribution in [0.4, 0.5) is 5.69 Å². The van der Waals surface area contributed by atoms with E-state index < -0.39 is 0 Å². The number of aryl methyl sites for hydroxylation is 1. The highest BCUT2D eigenvalue weighted by molar-refractivity contribution is 9.10. The van der Waals surface area contributed by atoms with Gasteiger partial charge in [0.15, 0.2) is 0 Å². The van der Waals surface area contributed by atoms with Crippen LogP contribution in [0, 0.1) is 0 Å². The first kappa shape index (κ1) is 13.7. The summed E-state index contributed by atoms with van der Waals surface area (Å²) in [5.41, 5.74) is 10.8. The Morgan fingerprint density at radius 1 is 1.20 bits per heavy atom. The van der Waals surface area contributed by atoms with Gasteiger partial charge in [0.05, 0.1) is 0 Å². The van der Waals surface area contributed by atoms with Crippen molar-refractivity contribution in [2.45, 2.75) is 31.8 Å². The third kappa shape index (κ3) is 2.74. The molecule has 0 aliphatic heterocycles. The van der Waals surface area contributed by atoms with Crippen molar-refractivity contribution in [3.05, 3.63) is 63.6 Å². The van der Waals surface area contributed by atoms with E-state index in [1.54, 1.807) is 0 Å². The van der Waals surface area contributed by atoms with E-state index in [1.807, 2.05) is 6.07 Å². The molecule has 20 heavy (non-hydrogen) atoms. The van der Waals surface area contributed by atoms with Crippen molar-refractivity contribution in [2.24, 2.45) is 0 Å². The largest absolute Gasteiger partial charge is 0.399 e. The van der Waals surface area contributed by atoms with Crippen molar-refractivity contribution in [2.75, 3.05) is 5.73 Å². The summed E-state index contributed by atoms with van der Waals surface area (Å²) in [5, 5.41) is 3.73. The summed E-state index contributed by atoms with van der Waals surface area (Å²) >= 11 is 3.48. The number of nitrogens with one attached hydrogen (secondary N) is 1. The zero-order valence-corrected chi connectivity index (χ0v) is 13.2. The molecular weight excluding hydrogens is 312 g/mol. The summed E-state index contributed by atoms with van der Waals surface area (Å²) in [5.74, 6) is 0. The number of benzene rings is 2. The molecule has 0 radical (unpaired) electrons. The maximum atomic E-state index is 5.86.